The molecule has 0 spiro atoms. The number of urea groups is 1. The number of nitrogens with zero attached hydrogens (tertiary/aromatic N) is 1. The Balaban J connectivity index is 1.50. The van der Waals surface area contributed by atoms with E-state index in [0.717, 1.165) is 31.9 Å². The fraction of sp³-hybridized carbons (Fsp3) is 0.933. The number of hydrogen-bond donors (Lipinski definition) is 1. The zero-order valence-electron chi connectivity index (χ0n) is 11.9. The van der Waals surface area contributed by atoms with Crippen molar-refractivity contribution in [2.24, 2.45) is 11.8 Å². The Hall–Kier alpha value is -0.770. The largest absolute Gasteiger partial charge is 0.378 e. The van der Waals surface area contributed by atoms with Crippen molar-refractivity contribution in [1.29, 1.82) is 0 Å². The van der Waals surface area contributed by atoms with Gasteiger partial charge in [0.2, 0.25) is 0 Å². The maximum atomic E-state index is 12.2. The number of rotatable bonds is 3. The average Bonchev–Trinajstić information content (AvgIpc) is 2.82. The number of nitrogens with one attached hydrogen (secondary N) is 1. The van der Waals surface area contributed by atoms with Gasteiger partial charge < -0.3 is 15.0 Å². The zero-order chi connectivity index (χ0) is 13.2. The van der Waals surface area contributed by atoms with E-state index in [2.05, 4.69) is 5.32 Å². The fourth-order valence-corrected chi connectivity index (χ4v) is 3.77. The minimum absolute atomic E-state index is 0.115. The molecule has 2 amide bonds. The van der Waals surface area contributed by atoms with Crippen molar-refractivity contribution in [3.63, 3.8) is 0 Å². The second-order valence-electron chi connectivity index (χ2n) is 6.53. The van der Waals surface area contributed by atoms with Gasteiger partial charge >= 0.3 is 6.03 Å². The highest BCUT2D eigenvalue weighted by molar-refractivity contribution is 5.74. The number of ether oxygens (including phenoxy) is 1. The minimum atomic E-state index is 0.115. The monoisotopic (exact) mass is 266 g/mol. The molecule has 1 aliphatic heterocycles. The summed E-state index contributed by atoms with van der Waals surface area (Å²) < 4.78 is 5.76. The molecule has 0 unspecified atom stereocenters. The smallest absolute Gasteiger partial charge is 0.317 e. The third-order valence-electron chi connectivity index (χ3n) is 5.19. The molecule has 0 aromatic carbocycles. The van der Waals surface area contributed by atoms with Crippen LogP contribution in [0.15, 0.2) is 0 Å². The van der Waals surface area contributed by atoms with E-state index >= 15 is 0 Å². The Kier molecular flexibility index (Phi) is 3.96. The first-order valence-corrected chi connectivity index (χ1v) is 7.87. The van der Waals surface area contributed by atoms with Gasteiger partial charge in [-0.2, -0.15) is 0 Å². The minimum Gasteiger partial charge on any atom is -0.378 e. The Bertz CT molecular complexity index is 330. The van der Waals surface area contributed by atoms with Crippen LogP contribution in [-0.4, -0.2) is 43.3 Å². The summed E-state index contributed by atoms with van der Waals surface area (Å²) in [5.74, 6) is 1.29. The van der Waals surface area contributed by atoms with Crippen LogP contribution in [0.3, 0.4) is 0 Å². The lowest BCUT2D eigenvalue weighted by Crippen LogP contribution is -2.50. The van der Waals surface area contributed by atoms with Gasteiger partial charge in [0.15, 0.2) is 0 Å². The zero-order valence-corrected chi connectivity index (χ0v) is 11.9. The Morgan fingerprint density at radius 3 is 2.74 bits per heavy atom. The van der Waals surface area contributed by atoms with E-state index in [1.54, 1.807) is 0 Å². The van der Waals surface area contributed by atoms with Gasteiger partial charge in [-0.25, -0.2) is 4.79 Å². The van der Waals surface area contributed by atoms with E-state index in [1.807, 2.05) is 11.9 Å². The maximum Gasteiger partial charge on any atom is 0.317 e. The fourth-order valence-electron chi connectivity index (χ4n) is 3.77. The van der Waals surface area contributed by atoms with Crippen LogP contribution in [0.25, 0.3) is 0 Å². The van der Waals surface area contributed by atoms with Crippen molar-refractivity contribution in [1.82, 2.24) is 10.2 Å². The van der Waals surface area contributed by atoms with Crippen LogP contribution in [0.4, 0.5) is 4.79 Å². The second kappa shape index (κ2) is 5.70. The quantitative estimate of drug-likeness (QED) is 0.852. The van der Waals surface area contributed by atoms with Crippen LogP contribution in [0, 0.1) is 11.8 Å². The van der Waals surface area contributed by atoms with Gasteiger partial charge in [0.05, 0.1) is 6.10 Å². The highest BCUT2D eigenvalue weighted by atomic mass is 16.5. The lowest BCUT2D eigenvalue weighted by atomic mass is 9.82. The van der Waals surface area contributed by atoms with Gasteiger partial charge in [-0.1, -0.05) is 6.42 Å². The number of carbonyl (C=O) groups is 1. The molecule has 3 rings (SSSR count). The van der Waals surface area contributed by atoms with E-state index in [0.29, 0.717) is 18.1 Å². The average molecular weight is 266 g/mol. The maximum absolute atomic E-state index is 12.2. The lowest BCUT2D eigenvalue weighted by Gasteiger charge is -2.35. The second-order valence-corrected chi connectivity index (χ2v) is 6.53. The first-order valence-electron chi connectivity index (χ1n) is 7.87. The molecule has 19 heavy (non-hydrogen) atoms. The van der Waals surface area contributed by atoms with Crippen LogP contribution in [0.1, 0.15) is 44.9 Å². The van der Waals surface area contributed by atoms with Crippen molar-refractivity contribution in [2.45, 2.75) is 57.1 Å². The summed E-state index contributed by atoms with van der Waals surface area (Å²) in [7, 11) is 1.93. The van der Waals surface area contributed by atoms with E-state index in [9.17, 15) is 4.79 Å². The van der Waals surface area contributed by atoms with E-state index < -0.39 is 0 Å². The molecular formula is C15H26N2O2. The number of amides is 2. The molecule has 0 aromatic rings. The molecule has 0 radical (unpaired) electrons. The summed E-state index contributed by atoms with van der Waals surface area (Å²) in [6.45, 7) is 1.79. The summed E-state index contributed by atoms with van der Waals surface area (Å²) in [5, 5.41) is 3.25. The van der Waals surface area contributed by atoms with Crippen molar-refractivity contribution < 1.29 is 9.53 Å². The Morgan fingerprint density at radius 2 is 2.00 bits per heavy atom. The summed E-state index contributed by atoms with van der Waals surface area (Å²) in [5.41, 5.74) is 0. The first-order chi connectivity index (χ1) is 9.24. The normalized spacial score (nSPS) is 34.5. The number of carbonyl (C=O) groups excluding carboxylic acids is 1. The summed E-state index contributed by atoms with van der Waals surface area (Å²) in [6.07, 6.45) is 8.90. The molecule has 2 saturated carbocycles. The van der Waals surface area contributed by atoms with Gasteiger partial charge in [-0.15, -0.1) is 0 Å². The van der Waals surface area contributed by atoms with Crippen LogP contribution in [-0.2, 0) is 4.74 Å². The molecule has 3 atom stereocenters. The molecule has 108 valence electrons. The predicted octanol–water partition coefficient (Wildman–Crippen LogP) is 2.39. The third kappa shape index (κ3) is 2.88. The number of hydrogen-bond acceptors (Lipinski definition) is 2. The molecule has 4 nitrogen and oxygen atoms in total. The highest BCUT2D eigenvalue weighted by Gasteiger charge is 2.38. The summed E-state index contributed by atoms with van der Waals surface area (Å²) in [4.78, 5) is 14.1. The first kappa shape index (κ1) is 13.2. The predicted molar refractivity (Wildman–Crippen MR) is 74.0 cm³/mol. The lowest BCUT2D eigenvalue weighted by molar-refractivity contribution is 0.0537. The van der Waals surface area contributed by atoms with Crippen LogP contribution >= 0.6 is 0 Å². The molecule has 1 saturated heterocycles. The SMILES string of the molecule is CN(CC1CCC1)C(=O)N[C@@H]1CCC[C@@H]2OCC[C@H]21. The van der Waals surface area contributed by atoms with Crippen LogP contribution < -0.4 is 5.32 Å². The standard InChI is InChI=1S/C15H26N2O2/c1-17(10-11-4-2-5-11)15(18)16-13-6-3-7-14-12(13)8-9-19-14/h11-14H,2-10H2,1H3,(H,16,18)/t12-,13+,14-/m0/s1. The molecule has 4 heteroatoms. The molecule has 2 aliphatic carbocycles. The van der Waals surface area contributed by atoms with E-state index in [4.69, 9.17) is 4.74 Å². The molecule has 0 aromatic heterocycles. The van der Waals surface area contributed by atoms with Crippen molar-refractivity contribution in [2.75, 3.05) is 20.2 Å². The van der Waals surface area contributed by atoms with E-state index in [1.165, 1.54) is 32.1 Å². The van der Waals surface area contributed by atoms with Gasteiger partial charge in [0.1, 0.15) is 0 Å². The van der Waals surface area contributed by atoms with E-state index in [-0.39, 0.29) is 6.03 Å². The van der Waals surface area contributed by atoms with Crippen molar-refractivity contribution >= 4 is 6.03 Å². The molecule has 3 aliphatic rings. The van der Waals surface area contributed by atoms with Crippen LogP contribution in [0.2, 0.25) is 0 Å². The number of fused-ring (bicyclic) bond motifs is 1. The van der Waals surface area contributed by atoms with Gasteiger partial charge in [-0.3, -0.25) is 0 Å². The Labute approximate surface area is 115 Å². The van der Waals surface area contributed by atoms with Crippen molar-refractivity contribution in [3.8, 4) is 0 Å². The Morgan fingerprint density at radius 1 is 1.21 bits per heavy atom. The molecular weight excluding hydrogens is 240 g/mol. The van der Waals surface area contributed by atoms with Gasteiger partial charge in [-0.05, 0) is 44.4 Å². The van der Waals surface area contributed by atoms with Gasteiger partial charge in [0.25, 0.3) is 0 Å². The summed E-state index contributed by atoms with van der Waals surface area (Å²) >= 11 is 0. The highest BCUT2D eigenvalue weighted by Crippen LogP contribution is 2.34. The van der Waals surface area contributed by atoms with Gasteiger partial charge in [0, 0.05) is 32.2 Å². The summed E-state index contributed by atoms with van der Waals surface area (Å²) in [6, 6.07) is 0.446. The molecule has 3 fully saturated rings. The topological polar surface area (TPSA) is 41.6 Å². The molecule has 0 bridgehead atoms. The molecule has 1 heterocycles. The third-order valence-corrected chi connectivity index (χ3v) is 5.19. The van der Waals surface area contributed by atoms with Crippen molar-refractivity contribution in [3.05, 3.63) is 0 Å². The molecule has 1 N–H and O–H groups in total. The van der Waals surface area contributed by atoms with Crippen LogP contribution in [0.5, 0.6) is 0 Å².